The van der Waals surface area contributed by atoms with Crippen LogP contribution in [0, 0.1) is 5.82 Å². The number of aliphatic hydroxyl groups is 1. The van der Waals surface area contributed by atoms with Crippen molar-refractivity contribution in [3.8, 4) is 0 Å². The second-order valence-electron chi connectivity index (χ2n) is 4.01. The lowest BCUT2D eigenvalue weighted by molar-refractivity contribution is -0.0436. The number of methoxy groups -OCH3 is 1. The highest BCUT2D eigenvalue weighted by molar-refractivity contribution is 7.92. The average Bonchev–Trinajstić information content (AvgIpc) is 2.30. The summed E-state index contributed by atoms with van der Waals surface area (Å²) in [6.07, 6.45) is -1.61. The van der Waals surface area contributed by atoms with Gasteiger partial charge in [0.15, 0.2) is 0 Å². The van der Waals surface area contributed by atoms with Crippen molar-refractivity contribution in [1.82, 2.24) is 0 Å². The molecule has 0 saturated heterocycles. The number of aliphatic hydroxyl groups excluding tert-OH is 1. The predicted octanol–water partition coefficient (Wildman–Crippen LogP) is 1.67. The Morgan fingerprint density at radius 1 is 1.35 bits per heavy atom. The highest BCUT2D eigenvalue weighted by Gasteiger charge is 2.48. The van der Waals surface area contributed by atoms with E-state index in [1.165, 1.54) is 7.11 Å². The molecule has 0 aliphatic rings. The number of ether oxygens (including phenoxy) is 1. The van der Waals surface area contributed by atoms with Crippen LogP contribution in [0.1, 0.15) is 5.56 Å². The van der Waals surface area contributed by atoms with E-state index in [1.54, 1.807) is 0 Å². The summed E-state index contributed by atoms with van der Waals surface area (Å²) >= 11 is 0. The molecule has 9 heteroatoms. The minimum absolute atomic E-state index is 0.192. The quantitative estimate of drug-likeness (QED) is 0.839. The van der Waals surface area contributed by atoms with Gasteiger partial charge >= 0.3 is 5.51 Å². The maximum absolute atomic E-state index is 13.0. The lowest BCUT2D eigenvalue weighted by Crippen LogP contribution is -2.26. The van der Waals surface area contributed by atoms with Crippen molar-refractivity contribution >= 4 is 9.84 Å². The van der Waals surface area contributed by atoms with Crippen molar-refractivity contribution in [2.45, 2.75) is 22.9 Å². The average molecular weight is 316 g/mol. The molecule has 0 saturated carbocycles. The van der Waals surface area contributed by atoms with Crippen LogP contribution in [0.3, 0.4) is 0 Å². The van der Waals surface area contributed by atoms with Crippen LogP contribution in [0.2, 0.25) is 0 Å². The maximum Gasteiger partial charge on any atom is 0.501 e. The first-order valence-electron chi connectivity index (χ1n) is 5.36. The van der Waals surface area contributed by atoms with Gasteiger partial charge in [-0.1, -0.05) is 6.07 Å². The molecule has 4 nitrogen and oxygen atoms in total. The number of rotatable bonds is 5. The van der Waals surface area contributed by atoms with E-state index < -0.39 is 38.6 Å². The van der Waals surface area contributed by atoms with Crippen LogP contribution < -0.4 is 0 Å². The molecule has 1 unspecified atom stereocenters. The van der Waals surface area contributed by atoms with Crippen LogP contribution in [0.5, 0.6) is 0 Å². The molecular weight excluding hydrogens is 304 g/mol. The van der Waals surface area contributed by atoms with Crippen LogP contribution in [-0.4, -0.2) is 38.9 Å². The van der Waals surface area contributed by atoms with Gasteiger partial charge in [0, 0.05) is 13.5 Å². The molecule has 0 amide bonds. The lowest BCUT2D eigenvalue weighted by atomic mass is 10.1. The van der Waals surface area contributed by atoms with Crippen molar-refractivity contribution < 1.29 is 35.8 Å². The Morgan fingerprint density at radius 3 is 2.45 bits per heavy atom. The molecule has 0 aliphatic carbocycles. The minimum atomic E-state index is -5.68. The highest BCUT2D eigenvalue weighted by atomic mass is 32.2. The molecule has 0 aliphatic heterocycles. The molecule has 20 heavy (non-hydrogen) atoms. The molecule has 0 radical (unpaired) electrons. The fraction of sp³-hybridized carbons (Fsp3) is 0.455. The lowest BCUT2D eigenvalue weighted by Gasteiger charge is -2.15. The Kier molecular flexibility index (Phi) is 5.11. The molecule has 0 aromatic heterocycles. The smallest absolute Gasteiger partial charge is 0.390 e. The van der Waals surface area contributed by atoms with Gasteiger partial charge in [0.05, 0.1) is 17.6 Å². The summed E-state index contributed by atoms with van der Waals surface area (Å²) in [5, 5.41) is 9.47. The third kappa shape index (κ3) is 3.68. The zero-order valence-corrected chi connectivity index (χ0v) is 11.1. The van der Waals surface area contributed by atoms with Crippen LogP contribution in [-0.2, 0) is 21.0 Å². The summed E-state index contributed by atoms with van der Waals surface area (Å²) in [7, 11) is -4.42. The Balaban J connectivity index is 3.29. The second kappa shape index (κ2) is 6.06. The molecule has 1 N–H and O–H groups in total. The van der Waals surface area contributed by atoms with Gasteiger partial charge in [-0.2, -0.15) is 13.2 Å². The molecule has 0 spiro atoms. The predicted molar refractivity (Wildman–Crippen MR) is 61.2 cm³/mol. The fourth-order valence-electron chi connectivity index (χ4n) is 1.58. The van der Waals surface area contributed by atoms with E-state index in [4.69, 9.17) is 0 Å². The van der Waals surface area contributed by atoms with E-state index in [1.807, 2.05) is 0 Å². The summed E-state index contributed by atoms with van der Waals surface area (Å²) in [5.41, 5.74) is -5.87. The van der Waals surface area contributed by atoms with Crippen molar-refractivity contribution in [3.05, 3.63) is 29.6 Å². The molecule has 1 aromatic rings. The number of sulfone groups is 1. The zero-order chi connectivity index (χ0) is 15.6. The topological polar surface area (TPSA) is 63.6 Å². The first-order chi connectivity index (χ1) is 9.09. The molecule has 114 valence electrons. The second-order valence-corrected chi connectivity index (χ2v) is 5.92. The third-order valence-corrected chi connectivity index (χ3v) is 4.01. The van der Waals surface area contributed by atoms with E-state index in [2.05, 4.69) is 4.74 Å². The van der Waals surface area contributed by atoms with Gasteiger partial charge in [0.25, 0.3) is 9.84 Å². The van der Waals surface area contributed by atoms with E-state index in [0.29, 0.717) is 0 Å². The number of halogens is 4. The van der Waals surface area contributed by atoms with Crippen LogP contribution in [0.25, 0.3) is 0 Å². The SMILES string of the molecule is COCC(O)Cc1ccc(F)cc1S(=O)(=O)C(F)(F)F. The van der Waals surface area contributed by atoms with Gasteiger partial charge in [-0.15, -0.1) is 0 Å². The Morgan fingerprint density at radius 2 is 1.95 bits per heavy atom. The molecule has 0 fully saturated rings. The van der Waals surface area contributed by atoms with E-state index in [0.717, 1.165) is 12.1 Å². The van der Waals surface area contributed by atoms with E-state index in [9.17, 15) is 31.1 Å². The van der Waals surface area contributed by atoms with E-state index in [-0.39, 0.29) is 18.2 Å². The standard InChI is InChI=1S/C11H12F4O4S/c1-19-6-9(16)4-7-2-3-8(12)5-10(7)20(17,18)11(13,14)15/h2-3,5,9,16H,4,6H2,1H3. The van der Waals surface area contributed by atoms with Gasteiger partial charge in [-0.25, -0.2) is 12.8 Å². The molecule has 0 heterocycles. The first-order valence-corrected chi connectivity index (χ1v) is 6.84. The van der Waals surface area contributed by atoms with Gasteiger partial charge in [0.2, 0.25) is 0 Å². The largest absolute Gasteiger partial charge is 0.501 e. The Labute approximate surface area is 112 Å². The number of hydrogen-bond acceptors (Lipinski definition) is 4. The van der Waals surface area contributed by atoms with Crippen LogP contribution in [0.15, 0.2) is 23.1 Å². The summed E-state index contributed by atoms with van der Waals surface area (Å²) in [4.78, 5) is -1.19. The molecule has 1 atom stereocenters. The first kappa shape index (κ1) is 16.9. The highest BCUT2D eigenvalue weighted by Crippen LogP contribution is 2.33. The van der Waals surface area contributed by atoms with Crippen molar-refractivity contribution in [3.63, 3.8) is 0 Å². The summed E-state index contributed by atoms with van der Waals surface area (Å²) in [6, 6.07) is 2.01. The number of hydrogen-bond donors (Lipinski definition) is 1. The van der Waals surface area contributed by atoms with Gasteiger partial charge < -0.3 is 9.84 Å². The molecule has 1 rings (SSSR count). The number of alkyl halides is 3. The maximum atomic E-state index is 13.0. The normalized spacial score (nSPS) is 14.3. The fourth-order valence-corrected chi connectivity index (χ4v) is 2.59. The summed E-state index contributed by atoms with van der Waals surface area (Å²) < 4.78 is 77.9. The summed E-state index contributed by atoms with van der Waals surface area (Å²) in [6.45, 7) is -0.192. The van der Waals surface area contributed by atoms with Crippen molar-refractivity contribution in [2.75, 3.05) is 13.7 Å². The summed E-state index contributed by atoms with van der Waals surface area (Å²) in [5.74, 6) is -1.11. The Hall–Kier alpha value is -1.19. The van der Waals surface area contributed by atoms with Crippen LogP contribution >= 0.6 is 0 Å². The van der Waals surface area contributed by atoms with Gasteiger partial charge in [-0.05, 0) is 17.7 Å². The molecule has 0 bridgehead atoms. The zero-order valence-electron chi connectivity index (χ0n) is 10.3. The van der Waals surface area contributed by atoms with Crippen molar-refractivity contribution in [1.29, 1.82) is 0 Å². The Bertz CT molecular complexity index is 568. The van der Waals surface area contributed by atoms with Gasteiger partial charge in [0.1, 0.15) is 5.82 Å². The van der Waals surface area contributed by atoms with Crippen molar-refractivity contribution in [2.24, 2.45) is 0 Å². The van der Waals surface area contributed by atoms with E-state index >= 15 is 0 Å². The molecule has 1 aromatic carbocycles. The third-order valence-electron chi connectivity index (χ3n) is 2.44. The monoisotopic (exact) mass is 316 g/mol. The van der Waals surface area contributed by atoms with Crippen LogP contribution in [0.4, 0.5) is 17.6 Å². The van der Waals surface area contributed by atoms with Gasteiger partial charge in [-0.3, -0.25) is 0 Å². The molecular formula is C11H12F4O4S. The number of benzene rings is 1. The minimum Gasteiger partial charge on any atom is -0.390 e.